The summed E-state index contributed by atoms with van der Waals surface area (Å²) in [5, 5.41) is 1.50. The highest BCUT2D eigenvalue weighted by atomic mass is 15.4. The standard InChI is InChI=1S/C7H15N3/c1-4-5-7(2)10(8)6-9-3/h5-6H,4,8H2,1-3H3. The second-order valence-corrected chi connectivity index (χ2v) is 2.03. The van der Waals surface area contributed by atoms with E-state index in [0.29, 0.717) is 0 Å². The summed E-state index contributed by atoms with van der Waals surface area (Å²) < 4.78 is 0. The highest BCUT2D eigenvalue weighted by molar-refractivity contribution is 5.56. The first-order valence-electron chi connectivity index (χ1n) is 3.35. The number of nitrogens with two attached hydrogens (primary N) is 1. The van der Waals surface area contributed by atoms with Crippen molar-refractivity contribution in [2.45, 2.75) is 20.3 Å². The van der Waals surface area contributed by atoms with Crippen molar-refractivity contribution >= 4 is 6.34 Å². The smallest absolute Gasteiger partial charge is 0.103 e. The van der Waals surface area contributed by atoms with E-state index in [0.717, 1.165) is 12.1 Å². The Morgan fingerprint density at radius 2 is 2.30 bits per heavy atom. The number of hydrogen-bond acceptors (Lipinski definition) is 2. The van der Waals surface area contributed by atoms with E-state index in [1.165, 1.54) is 5.01 Å². The van der Waals surface area contributed by atoms with Crippen molar-refractivity contribution < 1.29 is 0 Å². The van der Waals surface area contributed by atoms with Crippen molar-refractivity contribution in [2.24, 2.45) is 10.8 Å². The fourth-order valence-corrected chi connectivity index (χ4v) is 0.616. The highest BCUT2D eigenvalue weighted by Crippen LogP contribution is 1.95. The summed E-state index contributed by atoms with van der Waals surface area (Å²) in [6.45, 7) is 4.02. The quantitative estimate of drug-likeness (QED) is 0.277. The van der Waals surface area contributed by atoms with E-state index < -0.39 is 0 Å². The fraction of sp³-hybridized carbons (Fsp3) is 0.571. The second-order valence-electron chi connectivity index (χ2n) is 2.03. The molecule has 0 aliphatic heterocycles. The summed E-state index contributed by atoms with van der Waals surface area (Å²) in [6, 6.07) is 0. The molecule has 58 valence electrons. The van der Waals surface area contributed by atoms with E-state index in [4.69, 9.17) is 5.84 Å². The Labute approximate surface area is 62.2 Å². The molecule has 0 bridgehead atoms. The van der Waals surface area contributed by atoms with Crippen LogP contribution >= 0.6 is 0 Å². The Morgan fingerprint density at radius 1 is 1.70 bits per heavy atom. The molecule has 0 aromatic rings. The summed E-state index contributed by atoms with van der Waals surface area (Å²) in [5.74, 6) is 5.53. The predicted molar refractivity (Wildman–Crippen MR) is 44.5 cm³/mol. The molecule has 0 atom stereocenters. The van der Waals surface area contributed by atoms with Crippen LogP contribution in [0.4, 0.5) is 0 Å². The highest BCUT2D eigenvalue weighted by Gasteiger charge is 1.91. The lowest BCUT2D eigenvalue weighted by molar-refractivity contribution is 0.558. The van der Waals surface area contributed by atoms with Gasteiger partial charge >= 0.3 is 0 Å². The zero-order valence-electron chi connectivity index (χ0n) is 6.83. The largest absolute Gasteiger partial charge is 0.277 e. The number of allylic oxidation sites excluding steroid dienone is 2. The minimum atomic E-state index is 0.997. The van der Waals surface area contributed by atoms with Crippen molar-refractivity contribution in [3.8, 4) is 0 Å². The summed E-state index contributed by atoms with van der Waals surface area (Å²) in [7, 11) is 1.69. The first-order valence-corrected chi connectivity index (χ1v) is 3.35. The predicted octanol–water partition coefficient (Wildman–Crippen LogP) is 1.13. The van der Waals surface area contributed by atoms with Gasteiger partial charge in [0, 0.05) is 12.7 Å². The maximum atomic E-state index is 5.53. The van der Waals surface area contributed by atoms with Gasteiger partial charge < -0.3 is 0 Å². The normalized spacial score (nSPS) is 12.6. The van der Waals surface area contributed by atoms with Crippen LogP contribution in [-0.4, -0.2) is 18.4 Å². The van der Waals surface area contributed by atoms with Gasteiger partial charge in [-0.3, -0.25) is 10.0 Å². The van der Waals surface area contributed by atoms with E-state index in [-0.39, 0.29) is 0 Å². The lowest BCUT2D eigenvalue weighted by Gasteiger charge is -2.11. The van der Waals surface area contributed by atoms with Crippen molar-refractivity contribution in [2.75, 3.05) is 7.05 Å². The van der Waals surface area contributed by atoms with E-state index >= 15 is 0 Å². The maximum Gasteiger partial charge on any atom is 0.103 e. The van der Waals surface area contributed by atoms with Crippen LogP contribution in [0.25, 0.3) is 0 Å². The molecular weight excluding hydrogens is 126 g/mol. The van der Waals surface area contributed by atoms with E-state index in [9.17, 15) is 0 Å². The van der Waals surface area contributed by atoms with Gasteiger partial charge in [0.05, 0.1) is 0 Å². The number of aliphatic imine (C=N–C) groups is 1. The molecule has 0 fully saturated rings. The van der Waals surface area contributed by atoms with Crippen LogP contribution in [-0.2, 0) is 0 Å². The number of hydrogen-bond donors (Lipinski definition) is 1. The van der Waals surface area contributed by atoms with Gasteiger partial charge in [-0.1, -0.05) is 13.0 Å². The van der Waals surface area contributed by atoms with Crippen LogP contribution in [0, 0.1) is 0 Å². The molecule has 2 N–H and O–H groups in total. The van der Waals surface area contributed by atoms with E-state index in [1.807, 2.05) is 13.0 Å². The Morgan fingerprint density at radius 3 is 2.70 bits per heavy atom. The van der Waals surface area contributed by atoms with Gasteiger partial charge in [-0.25, -0.2) is 5.84 Å². The molecule has 0 saturated heterocycles. The second kappa shape index (κ2) is 4.99. The molecule has 0 aromatic carbocycles. The van der Waals surface area contributed by atoms with Gasteiger partial charge in [-0.15, -0.1) is 0 Å². The van der Waals surface area contributed by atoms with Gasteiger partial charge in [-0.2, -0.15) is 0 Å². The van der Waals surface area contributed by atoms with Crippen LogP contribution < -0.4 is 5.84 Å². The molecule has 0 rings (SSSR count). The third-order valence-corrected chi connectivity index (χ3v) is 1.15. The monoisotopic (exact) mass is 141 g/mol. The number of hydrazine groups is 1. The average Bonchev–Trinajstić information content (AvgIpc) is 1.89. The molecule has 0 saturated carbocycles. The van der Waals surface area contributed by atoms with Crippen LogP contribution in [0.15, 0.2) is 16.8 Å². The van der Waals surface area contributed by atoms with Crippen LogP contribution in [0.5, 0.6) is 0 Å². The van der Waals surface area contributed by atoms with Crippen molar-refractivity contribution in [3.63, 3.8) is 0 Å². The van der Waals surface area contributed by atoms with Gasteiger partial charge in [0.15, 0.2) is 0 Å². The summed E-state index contributed by atoms with van der Waals surface area (Å²) in [6.07, 6.45) is 4.63. The zero-order chi connectivity index (χ0) is 7.98. The van der Waals surface area contributed by atoms with Crippen molar-refractivity contribution in [3.05, 3.63) is 11.8 Å². The molecular formula is C7H15N3. The Hall–Kier alpha value is -0.830. The Kier molecular flexibility index (Phi) is 4.58. The molecule has 0 aromatic heterocycles. The summed E-state index contributed by atoms with van der Waals surface area (Å²) in [4.78, 5) is 3.77. The zero-order valence-corrected chi connectivity index (χ0v) is 6.83. The van der Waals surface area contributed by atoms with Gasteiger partial charge in [0.2, 0.25) is 0 Å². The van der Waals surface area contributed by atoms with Crippen LogP contribution in [0.3, 0.4) is 0 Å². The first-order chi connectivity index (χ1) is 4.72. The molecule has 0 radical (unpaired) electrons. The Balaban J connectivity index is 3.93. The molecule has 0 unspecified atom stereocenters. The topological polar surface area (TPSA) is 41.6 Å². The van der Waals surface area contributed by atoms with E-state index in [1.54, 1.807) is 13.4 Å². The molecule has 0 aliphatic rings. The fourth-order valence-electron chi connectivity index (χ4n) is 0.616. The molecule has 0 spiro atoms. The molecule has 10 heavy (non-hydrogen) atoms. The minimum absolute atomic E-state index is 0.997. The molecule has 0 aliphatic carbocycles. The van der Waals surface area contributed by atoms with Crippen molar-refractivity contribution in [1.82, 2.24) is 5.01 Å². The van der Waals surface area contributed by atoms with Gasteiger partial charge in [0.25, 0.3) is 0 Å². The molecule has 3 heteroatoms. The van der Waals surface area contributed by atoms with Crippen molar-refractivity contribution in [1.29, 1.82) is 0 Å². The number of rotatable bonds is 3. The third-order valence-electron chi connectivity index (χ3n) is 1.15. The summed E-state index contributed by atoms with van der Waals surface area (Å²) >= 11 is 0. The van der Waals surface area contributed by atoms with Crippen LogP contribution in [0.2, 0.25) is 0 Å². The minimum Gasteiger partial charge on any atom is -0.277 e. The SMILES string of the molecule is CCC=C(C)N(N)C=NC. The molecule has 0 heterocycles. The lowest BCUT2D eigenvalue weighted by atomic mass is 10.3. The van der Waals surface area contributed by atoms with Gasteiger partial charge in [0.1, 0.15) is 6.34 Å². The van der Waals surface area contributed by atoms with Crippen LogP contribution in [0.1, 0.15) is 20.3 Å². The first kappa shape index (κ1) is 9.17. The lowest BCUT2D eigenvalue weighted by Crippen LogP contribution is -2.27. The summed E-state index contributed by atoms with van der Waals surface area (Å²) in [5.41, 5.74) is 1.02. The Bertz CT molecular complexity index is 138. The van der Waals surface area contributed by atoms with E-state index in [2.05, 4.69) is 11.9 Å². The molecule has 0 amide bonds. The molecule has 3 nitrogen and oxygen atoms in total. The number of nitrogens with zero attached hydrogens (tertiary/aromatic N) is 2. The van der Waals surface area contributed by atoms with Gasteiger partial charge in [-0.05, 0) is 13.3 Å². The third kappa shape index (κ3) is 3.25. The average molecular weight is 141 g/mol. The maximum absolute atomic E-state index is 5.53.